The van der Waals surface area contributed by atoms with Gasteiger partial charge in [0.15, 0.2) is 5.13 Å². The summed E-state index contributed by atoms with van der Waals surface area (Å²) in [5.74, 6) is 0. The van der Waals surface area contributed by atoms with Gasteiger partial charge in [-0.25, -0.2) is 4.98 Å². The lowest BCUT2D eigenvalue weighted by Crippen LogP contribution is -2.21. The van der Waals surface area contributed by atoms with Crippen LogP contribution in [0.4, 0.5) is 5.13 Å². The van der Waals surface area contributed by atoms with Gasteiger partial charge >= 0.3 is 0 Å². The van der Waals surface area contributed by atoms with Crippen LogP contribution in [0.1, 0.15) is 24.1 Å². The monoisotopic (exact) mass is 267 g/mol. The van der Waals surface area contributed by atoms with Gasteiger partial charge in [0.05, 0.1) is 6.10 Å². The zero-order valence-electron chi connectivity index (χ0n) is 11.0. The Morgan fingerprint density at radius 1 is 1.39 bits per heavy atom. The zero-order valence-corrected chi connectivity index (χ0v) is 11.8. The Balaban J connectivity index is 1.57. The summed E-state index contributed by atoms with van der Waals surface area (Å²) in [4.78, 5) is 10.8. The van der Waals surface area contributed by atoms with E-state index >= 15 is 0 Å². The standard InChI is InChI=1S/C13H21N3OS/c1-17-11-4-7-15(9-11)10-12-8-14-13(18-12)16-5-2-3-6-16/h8,11H,2-7,9-10H2,1H3/t11-/m0/s1. The summed E-state index contributed by atoms with van der Waals surface area (Å²) in [6.45, 7) is 5.61. The molecule has 1 atom stereocenters. The Morgan fingerprint density at radius 3 is 2.94 bits per heavy atom. The van der Waals surface area contributed by atoms with Crippen LogP contribution in [0, 0.1) is 0 Å². The van der Waals surface area contributed by atoms with Crippen LogP contribution >= 0.6 is 11.3 Å². The number of nitrogens with zero attached hydrogens (tertiary/aromatic N) is 3. The highest BCUT2D eigenvalue weighted by Crippen LogP contribution is 2.27. The van der Waals surface area contributed by atoms with Crippen LogP contribution in [0.3, 0.4) is 0 Å². The summed E-state index contributed by atoms with van der Waals surface area (Å²) in [5, 5.41) is 1.21. The lowest BCUT2D eigenvalue weighted by Gasteiger charge is -2.14. The topological polar surface area (TPSA) is 28.6 Å². The predicted molar refractivity (Wildman–Crippen MR) is 74.3 cm³/mol. The van der Waals surface area contributed by atoms with Crippen LogP contribution in [-0.4, -0.2) is 49.3 Å². The van der Waals surface area contributed by atoms with E-state index in [9.17, 15) is 0 Å². The first-order valence-electron chi connectivity index (χ1n) is 6.80. The first-order chi connectivity index (χ1) is 8.85. The molecule has 3 heterocycles. The largest absolute Gasteiger partial charge is 0.380 e. The van der Waals surface area contributed by atoms with Gasteiger partial charge < -0.3 is 9.64 Å². The van der Waals surface area contributed by atoms with Crippen molar-refractivity contribution in [1.29, 1.82) is 0 Å². The highest BCUT2D eigenvalue weighted by molar-refractivity contribution is 7.15. The molecule has 100 valence electrons. The molecule has 0 unspecified atom stereocenters. The first kappa shape index (κ1) is 12.4. The third-order valence-electron chi connectivity index (χ3n) is 3.86. The molecule has 0 aliphatic carbocycles. The number of likely N-dealkylation sites (tertiary alicyclic amines) is 1. The lowest BCUT2D eigenvalue weighted by atomic mass is 10.3. The van der Waals surface area contributed by atoms with Crippen molar-refractivity contribution in [3.8, 4) is 0 Å². The molecule has 2 saturated heterocycles. The maximum absolute atomic E-state index is 5.40. The van der Waals surface area contributed by atoms with Crippen molar-refractivity contribution in [2.24, 2.45) is 0 Å². The van der Waals surface area contributed by atoms with E-state index in [-0.39, 0.29) is 0 Å². The van der Waals surface area contributed by atoms with Gasteiger partial charge in [0.2, 0.25) is 0 Å². The fourth-order valence-corrected chi connectivity index (χ4v) is 3.78. The van der Waals surface area contributed by atoms with E-state index in [1.807, 2.05) is 18.4 Å². The molecule has 2 fully saturated rings. The predicted octanol–water partition coefficient (Wildman–Crippen LogP) is 1.96. The van der Waals surface area contributed by atoms with Gasteiger partial charge in [0.25, 0.3) is 0 Å². The molecule has 0 N–H and O–H groups in total. The number of thiazole rings is 1. The maximum Gasteiger partial charge on any atom is 0.185 e. The van der Waals surface area contributed by atoms with E-state index in [4.69, 9.17) is 4.74 Å². The molecule has 2 aliphatic rings. The quantitative estimate of drug-likeness (QED) is 0.834. The SMILES string of the molecule is CO[C@H]1CCN(Cc2cnc(N3CCCC3)s2)C1. The van der Waals surface area contributed by atoms with Crippen LogP contribution in [0.25, 0.3) is 0 Å². The van der Waals surface area contributed by atoms with Crippen molar-refractivity contribution in [1.82, 2.24) is 9.88 Å². The second-order valence-corrected chi connectivity index (χ2v) is 6.28. The zero-order chi connectivity index (χ0) is 12.4. The fourth-order valence-electron chi connectivity index (χ4n) is 2.78. The summed E-state index contributed by atoms with van der Waals surface area (Å²) in [5.41, 5.74) is 0. The van der Waals surface area contributed by atoms with Gasteiger partial charge in [-0.3, -0.25) is 4.90 Å². The smallest absolute Gasteiger partial charge is 0.185 e. The van der Waals surface area contributed by atoms with Crippen molar-refractivity contribution in [3.05, 3.63) is 11.1 Å². The third kappa shape index (κ3) is 2.68. The molecule has 0 amide bonds. The molecular formula is C13H21N3OS. The molecule has 0 radical (unpaired) electrons. The average molecular weight is 267 g/mol. The van der Waals surface area contributed by atoms with Crippen molar-refractivity contribution in [2.45, 2.75) is 31.9 Å². The van der Waals surface area contributed by atoms with Crippen molar-refractivity contribution >= 4 is 16.5 Å². The van der Waals surface area contributed by atoms with E-state index < -0.39 is 0 Å². The minimum Gasteiger partial charge on any atom is -0.380 e. The number of aromatic nitrogens is 1. The molecule has 4 nitrogen and oxygen atoms in total. The minimum atomic E-state index is 0.427. The second-order valence-electron chi connectivity index (χ2n) is 5.18. The Bertz CT molecular complexity index is 389. The molecule has 0 spiro atoms. The average Bonchev–Trinajstić information content (AvgIpc) is 3.10. The van der Waals surface area contributed by atoms with Crippen LogP contribution < -0.4 is 4.90 Å². The number of rotatable bonds is 4. The molecule has 5 heteroatoms. The molecule has 0 bridgehead atoms. The third-order valence-corrected chi connectivity index (χ3v) is 4.90. The summed E-state index contributed by atoms with van der Waals surface area (Å²) >= 11 is 1.86. The fraction of sp³-hybridized carbons (Fsp3) is 0.769. The number of anilines is 1. The Hall–Kier alpha value is -0.650. The maximum atomic E-state index is 5.40. The van der Waals surface area contributed by atoms with Gasteiger partial charge in [-0.2, -0.15) is 0 Å². The summed E-state index contributed by atoms with van der Waals surface area (Å²) in [6.07, 6.45) is 6.27. The van der Waals surface area contributed by atoms with E-state index in [0.29, 0.717) is 6.10 Å². The number of hydrogen-bond acceptors (Lipinski definition) is 5. The summed E-state index contributed by atoms with van der Waals surface area (Å²) in [6, 6.07) is 0. The van der Waals surface area contributed by atoms with Gasteiger partial charge in [0.1, 0.15) is 0 Å². The van der Waals surface area contributed by atoms with E-state index in [1.165, 1.54) is 35.9 Å². The summed E-state index contributed by atoms with van der Waals surface area (Å²) < 4.78 is 5.40. The van der Waals surface area contributed by atoms with Crippen LogP contribution in [0.5, 0.6) is 0 Å². The summed E-state index contributed by atoms with van der Waals surface area (Å²) in [7, 11) is 1.81. The van der Waals surface area contributed by atoms with Crippen molar-refractivity contribution < 1.29 is 4.74 Å². The van der Waals surface area contributed by atoms with Gasteiger partial charge in [-0.1, -0.05) is 0 Å². The normalized spacial score (nSPS) is 25.2. The molecule has 3 rings (SSSR count). The van der Waals surface area contributed by atoms with Crippen molar-refractivity contribution in [3.63, 3.8) is 0 Å². The molecule has 0 aromatic carbocycles. The molecular weight excluding hydrogens is 246 g/mol. The lowest BCUT2D eigenvalue weighted by molar-refractivity contribution is 0.107. The molecule has 1 aromatic rings. The van der Waals surface area contributed by atoms with Crippen LogP contribution in [-0.2, 0) is 11.3 Å². The molecule has 0 saturated carbocycles. The minimum absolute atomic E-state index is 0.427. The first-order valence-corrected chi connectivity index (χ1v) is 7.61. The van der Waals surface area contributed by atoms with E-state index in [2.05, 4.69) is 21.0 Å². The second kappa shape index (κ2) is 5.55. The molecule has 2 aliphatic heterocycles. The van der Waals surface area contributed by atoms with Gasteiger partial charge in [0, 0.05) is 50.9 Å². The number of methoxy groups -OCH3 is 1. The number of ether oxygens (including phenoxy) is 1. The van der Waals surface area contributed by atoms with E-state index in [1.54, 1.807) is 0 Å². The van der Waals surface area contributed by atoms with Crippen LogP contribution in [0.15, 0.2) is 6.20 Å². The van der Waals surface area contributed by atoms with Crippen molar-refractivity contribution in [2.75, 3.05) is 38.2 Å². The molecule has 18 heavy (non-hydrogen) atoms. The van der Waals surface area contributed by atoms with E-state index in [0.717, 1.165) is 26.1 Å². The highest BCUT2D eigenvalue weighted by Gasteiger charge is 2.23. The van der Waals surface area contributed by atoms with Gasteiger partial charge in [-0.05, 0) is 19.3 Å². The Morgan fingerprint density at radius 2 is 2.22 bits per heavy atom. The Labute approximate surface area is 113 Å². The number of hydrogen-bond donors (Lipinski definition) is 0. The van der Waals surface area contributed by atoms with Crippen LogP contribution in [0.2, 0.25) is 0 Å². The Kier molecular flexibility index (Phi) is 3.82. The molecule has 1 aromatic heterocycles. The highest BCUT2D eigenvalue weighted by atomic mass is 32.1. The van der Waals surface area contributed by atoms with Gasteiger partial charge in [-0.15, -0.1) is 11.3 Å².